The summed E-state index contributed by atoms with van der Waals surface area (Å²) in [6.07, 6.45) is 0.499. The van der Waals surface area contributed by atoms with E-state index in [-0.39, 0.29) is 35.3 Å². The van der Waals surface area contributed by atoms with Crippen LogP contribution in [0.3, 0.4) is 0 Å². The van der Waals surface area contributed by atoms with Crippen molar-refractivity contribution in [3.8, 4) is 22.8 Å². The second-order valence-electron chi connectivity index (χ2n) is 5.31. The number of rotatable bonds is 3. The molecule has 130 valence electrons. The maximum atomic E-state index is 13.4. The second kappa shape index (κ2) is 6.00. The molecule has 9 heteroatoms. The summed E-state index contributed by atoms with van der Waals surface area (Å²) in [6, 6.07) is 5.31. The Morgan fingerprint density at radius 1 is 1.42 bits per heavy atom. The number of nitrogens with zero attached hydrogens (tertiary/aromatic N) is 1. The number of anilines is 1. The van der Waals surface area contributed by atoms with E-state index in [1.54, 1.807) is 0 Å². The number of aromatic hydroxyl groups is 1. The lowest BCUT2D eigenvalue weighted by Crippen LogP contribution is -2.22. The van der Waals surface area contributed by atoms with Crippen LogP contribution >= 0.6 is 10.8 Å². The Morgan fingerprint density at radius 2 is 2.17 bits per heavy atom. The van der Waals surface area contributed by atoms with Gasteiger partial charge in [0.2, 0.25) is 11.5 Å². The second-order valence-corrected chi connectivity index (χ2v) is 7.42. The van der Waals surface area contributed by atoms with Gasteiger partial charge in [-0.1, -0.05) is 12.1 Å². The normalized spacial score (nSPS) is 17.8. The van der Waals surface area contributed by atoms with Gasteiger partial charge in [0.15, 0.2) is 5.76 Å². The summed E-state index contributed by atoms with van der Waals surface area (Å²) in [5.41, 5.74) is 0.225. The average Bonchev–Trinajstić information content (AvgIpc) is 2.99. The Balaban J connectivity index is 2.14. The fraction of sp³-hybridized carbons (Fsp3) is 0.267. The summed E-state index contributed by atoms with van der Waals surface area (Å²) in [5, 5.41) is 10.4. The van der Waals surface area contributed by atoms with Crippen molar-refractivity contribution >= 4 is 22.6 Å². The zero-order valence-corrected chi connectivity index (χ0v) is 13.5. The van der Waals surface area contributed by atoms with E-state index in [2.05, 4.69) is 0 Å². The molecule has 0 atom stereocenters. The number of hydrogen-bond acceptors (Lipinski definition) is 7. The fourth-order valence-corrected chi connectivity index (χ4v) is 4.06. The molecule has 2 heterocycles. The third kappa shape index (κ3) is 2.93. The van der Waals surface area contributed by atoms with Gasteiger partial charge in [0.1, 0.15) is 5.82 Å². The highest BCUT2D eigenvalue weighted by atomic mass is 32.3. The van der Waals surface area contributed by atoms with E-state index in [1.165, 1.54) is 18.2 Å². The summed E-state index contributed by atoms with van der Waals surface area (Å²) in [5.74, 6) is -2.22. The van der Waals surface area contributed by atoms with Crippen LogP contribution in [-0.4, -0.2) is 32.5 Å². The first-order chi connectivity index (χ1) is 11.3. The van der Waals surface area contributed by atoms with Crippen molar-refractivity contribution in [2.75, 3.05) is 16.6 Å². The lowest BCUT2D eigenvalue weighted by molar-refractivity contribution is -0.132. The van der Waals surface area contributed by atoms with Gasteiger partial charge in [-0.25, -0.2) is 8.70 Å². The van der Waals surface area contributed by atoms with Crippen LogP contribution in [-0.2, 0) is 4.79 Å². The van der Waals surface area contributed by atoms with Crippen molar-refractivity contribution in [3.63, 3.8) is 0 Å². The largest absolute Gasteiger partial charge is 0.502 e. The van der Waals surface area contributed by atoms with Crippen molar-refractivity contribution in [1.29, 1.82) is 0 Å². The van der Waals surface area contributed by atoms with Gasteiger partial charge in [0.25, 0.3) is 5.88 Å². The zero-order valence-electron chi connectivity index (χ0n) is 12.7. The standard InChI is InChI=1S/C15H16FNO6S/c1-9(18)22-14-12(19)13(10-4-2-5-11(16)8-10)23-15(14)17-6-3-7-24(17,20)21/h2,4-5,8,19-21H,3,6-7H2,1H3. The van der Waals surface area contributed by atoms with E-state index in [0.29, 0.717) is 6.42 Å². The van der Waals surface area contributed by atoms with Crippen LogP contribution in [0.1, 0.15) is 13.3 Å². The Labute approximate surface area is 138 Å². The van der Waals surface area contributed by atoms with E-state index in [9.17, 15) is 23.4 Å². The number of esters is 1. The van der Waals surface area contributed by atoms with Crippen molar-refractivity contribution in [1.82, 2.24) is 0 Å². The van der Waals surface area contributed by atoms with Gasteiger partial charge in [-0.3, -0.25) is 13.9 Å². The highest BCUT2D eigenvalue weighted by molar-refractivity contribution is 8.25. The molecule has 0 spiro atoms. The Kier molecular flexibility index (Phi) is 4.16. The van der Waals surface area contributed by atoms with Crippen LogP contribution in [0, 0.1) is 5.82 Å². The number of halogens is 1. The van der Waals surface area contributed by atoms with Crippen molar-refractivity contribution < 1.29 is 32.6 Å². The predicted octanol–water partition coefficient (Wildman–Crippen LogP) is 3.59. The zero-order chi connectivity index (χ0) is 17.5. The molecule has 0 aliphatic carbocycles. The molecule has 1 aromatic heterocycles. The molecule has 1 aliphatic rings. The minimum Gasteiger partial charge on any atom is -0.502 e. The quantitative estimate of drug-likeness (QED) is 0.721. The first kappa shape index (κ1) is 16.6. The van der Waals surface area contributed by atoms with Crippen molar-refractivity contribution in [3.05, 3.63) is 30.1 Å². The van der Waals surface area contributed by atoms with E-state index < -0.39 is 28.3 Å². The van der Waals surface area contributed by atoms with Gasteiger partial charge < -0.3 is 14.3 Å². The third-order valence-electron chi connectivity index (χ3n) is 3.51. The molecule has 0 bridgehead atoms. The molecule has 0 unspecified atom stereocenters. The summed E-state index contributed by atoms with van der Waals surface area (Å²) in [4.78, 5) is 11.3. The van der Waals surface area contributed by atoms with Crippen LogP contribution in [0.4, 0.5) is 10.3 Å². The third-order valence-corrected chi connectivity index (χ3v) is 5.41. The van der Waals surface area contributed by atoms with Crippen molar-refractivity contribution in [2.45, 2.75) is 13.3 Å². The number of carbonyl (C=O) groups is 1. The summed E-state index contributed by atoms with van der Waals surface area (Å²) in [6.45, 7) is 1.40. The molecule has 0 radical (unpaired) electrons. The van der Waals surface area contributed by atoms with Gasteiger partial charge >= 0.3 is 5.97 Å². The molecule has 2 aromatic rings. The van der Waals surface area contributed by atoms with Crippen LogP contribution in [0.2, 0.25) is 0 Å². The van der Waals surface area contributed by atoms with Crippen LogP contribution < -0.4 is 9.04 Å². The number of benzene rings is 1. The maximum absolute atomic E-state index is 13.4. The molecular weight excluding hydrogens is 341 g/mol. The molecule has 1 aliphatic heterocycles. The smallest absolute Gasteiger partial charge is 0.308 e. The molecule has 1 saturated heterocycles. The number of carbonyl (C=O) groups excluding carboxylic acids is 1. The van der Waals surface area contributed by atoms with E-state index >= 15 is 0 Å². The molecule has 0 saturated carbocycles. The van der Waals surface area contributed by atoms with Gasteiger partial charge in [-0.2, -0.15) is 0 Å². The molecule has 3 N–H and O–H groups in total. The highest BCUT2D eigenvalue weighted by Gasteiger charge is 2.37. The first-order valence-corrected chi connectivity index (χ1v) is 8.80. The van der Waals surface area contributed by atoms with Crippen molar-refractivity contribution in [2.24, 2.45) is 0 Å². The van der Waals surface area contributed by atoms with Gasteiger partial charge in [0, 0.05) is 19.0 Å². The predicted molar refractivity (Wildman–Crippen MR) is 86.8 cm³/mol. The summed E-state index contributed by atoms with van der Waals surface area (Å²) >= 11 is 0. The topological polar surface area (TPSA) is 103 Å². The molecule has 3 rings (SSSR count). The number of hydrogen-bond donors (Lipinski definition) is 3. The number of ether oxygens (including phenoxy) is 1. The molecule has 7 nitrogen and oxygen atoms in total. The molecular formula is C15H16FNO6S. The lowest BCUT2D eigenvalue weighted by atomic mass is 10.1. The molecule has 1 fully saturated rings. The van der Waals surface area contributed by atoms with E-state index in [1.807, 2.05) is 0 Å². The van der Waals surface area contributed by atoms with Gasteiger partial charge in [0.05, 0.1) is 5.75 Å². The molecule has 24 heavy (non-hydrogen) atoms. The average molecular weight is 357 g/mol. The monoisotopic (exact) mass is 357 g/mol. The van der Waals surface area contributed by atoms with E-state index in [4.69, 9.17) is 9.15 Å². The van der Waals surface area contributed by atoms with Crippen LogP contribution in [0.15, 0.2) is 28.7 Å². The van der Waals surface area contributed by atoms with Crippen LogP contribution in [0.25, 0.3) is 11.3 Å². The Bertz CT molecular complexity index is 790. The van der Waals surface area contributed by atoms with Crippen LogP contribution in [0.5, 0.6) is 11.5 Å². The number of furan rings is 1. The SMILES string of the molecule is CC(=O)Oc1c(N2CCCS2(O)O)oc(-c2cccc(F)c2)c1O. The highest BCUT2D eigenvalue weighted by Crippen LogP contribution is 2.57. The first-order valence-electron chi connectivity index (χ1n) is 7.13. The minimum atomic E-state index is -3.13. The molecule has 0 amide bonds. The summed E-state index contributed by atoms with van der Waals surface area (Å²) < 4.78 is 45.3. The summed E-state index contributed by atoms with van der Waals surface area (Å²) in [7, 11) is -3.13. The minimum absolute atomic E-state index is 0.122. The Morgan fingerprint density at radius 3 is 2.75 bits per heavy atom. The Hall–Kier alpha value is -2.23. The van der Waals surface area contributed by atoms with E-state index in [0.717, 1.165) is 17.3 Å². The van der Waals surface area contributed by atoms with Gasteiger partial charge in [-0.15, -0.1) is 10.8 Å². The fourth-order valence-electron chi connectivity index (χ4n) is 2.51. The lowest BCUT2D eigenvalue weighted by Gasteiger charge is -2.36. The molecule has 1 aromatic carbocycles. The van der Waals surface area contributed by atoms with Gasteiger partial charge in [-0.05, 0) is 18.6 Å². The maximum Gasteiger partial charge on any atom is 0.308 e.